The Bertz CT molecular complexity index is 335. The summed E-state index contributed by atoms with van der Waals surface area (Å²) in [7, 11) is 3.93. The van der Waals surface area contributed by atoms with Crippen LogP contribution in [0.5, 0.6) is 0 Å². The third kappa shape index (κ3) is 3.81. The number of esters is 2. The van der Waals surface area contributed by atoms with Crippen LogP contribution in [0.4, 0.5) is 0 Å². The van der Waals surface area contributed by atoms with E-state index < -0.39 is 17.4 Å². The Balaban J connectivity index is 5.08. The van der Waals surface area contributed by atoms with E-state index in [0.29, 0.717) is 6.42 Å². The van der Waals surface area contributed by atoms with E-state index in [9.17, 15) is 9.59 Å². The normalized spacial score (nSPS) is 10.8. The molecule has 0 N–H and O–H groups in total. The second-order valence-electron chi connectivity index (χ2n) is 3.59. The van der Waals surface area contributed by atoms with Crippen LogP contribution in [0.1, 0.15) is 19.3 Å². The predicted octanol–water partition coefficient (Wildman–Crippen LogP) is 1.28. The van der Waals surface area contributed by atoms with E-state index in [1.54, 1.807) is 6.08 Å². The lowest BCUT2D eigenvalue weighted by atomic mass is 9.80. The molecular weight excluding hydrogens is 236 g/mol. The lowest BCUT2D eigenvalue weighted by Gasteiger charge is -2.25. The molecule has 0 aliphatic rings. The second kappa shape index (κ2) is 8.18. The van der Waals surface area contributed by atoms with Crippen molar-refractivity contribution in [3.63, 3.8) is 0 Å². The van der Waals surface area contributed by atoms with Gasteiger partial charge in [0.05, 0.1) is 27.6 Å². The van der Waals surface area contributed by atoms with Crippen molar-refractivity contribution in [3.8, 4) is 12.3 Å². The van der Waals surface area contributed by atoms with Crippen LogP contribution < -0.4 is 0 Å². The van der Waals surface area contributed by atoms with Crippen LogP contribution in [-0.4, -0.2) is 33.3 Å². The maximum Gasteiger partial charge on any atom is 0.324 e. The van der Waals surface area contributed by atoms with Crippen molar-refractivity contribution in [3.05, 3.63) is 12.3 Å². The number of hydrogen-bond donors (Lipinski definition) is 0. The van der Waals surface area contributed by atoms with Crippen LogP contribution in [0.2, 0.25) is 0 Å². The molecule has 0 aliphatic carbocycles. The van der Waals surface area contributed by atoms with Gasteiger partial charge in [-0.2, -0.15) is 0 Å². The zero-order valence-corrected chi connectivity index (χ0v) is 10.9. The van der Waals surface area contributed by atoms with E-state index in [1.165, 1.54) is 27.6 Å². The van der Waals surface area contributed by atoms with Gasteiger partial charge in [-0.3, -0.25) is 9.59 Å². The van der Waals surface area contributed by atoms with E-state index in [2.05, 4.69) is 15.4 Å². The van der Waals surface area contributed by atoms with E-state index >= 15 is 0 Å². The van der Waals surface area contributed by atoms with Gasteiger partial charge in [0, 0.05) is 6.42 Å². The van der Waals surface area contributed by atoms with Crippen molar-refractivity contribution in [2.75, 3.05) is 21.3 Å². The molecule has 0 unspecified atom stereocenters. The monoisotopic (exact) mass is 254 g/mol. The first kappa shape index (κ1) is 16.0. The van der Waals surface area contributed by atoms with Crippen LogP contribution in [0, 0.1) is 17.8 Å². The standard InChI is InChI=1S/C13H18O5/c1-5-8-13(11(14)17-3,12(15)18-4)9-6-7-10-16-2/h1,7,10H,6,8-9H2,2-4H3/b10-7+. The minimum absolute atomic E-state index is 0.0623. The van der Waals surface area contributed by atoms with Crippen molar-refractivity contribution in [2.24, 2.45) is 5.41 Å². The topological polar surface area (TPSA) is 61.8 Å². The Hall–Kier alpha value is -1.96. The molecule has 0 radical (unpaired) electrons. The van der Waals surface area contributed by atoms with Crippen LogP contribution >= 0.6 is 0 Å². The average Bonchev–Trinajstić information content (AvgIpc) is 2.40. The summed E-state index contributed by atoms with van der Waals surface area (Å²) < 4.78 is 14.1. The fraction of sp³-hybridized carbons (Fsp3) is 0.538. The lowest BCUT2D eigenvalue weighted by Crippen LogP contribution is -2.41. The summed E-state index contributed by atoms with van der Waals surface area (Å²) in [6.45, 7) is 0. The van der Waals surface area contributed by atoms with Crippen molar-refractivity contribution in [2.45, 2.75) is 19.3 Å². The largest absolute Gasteiger partial charge is 0.505 e. The number of ether oxygens (including phenoxy) is 3. The quantitative estimate of drug-likeness (QED) is 0.296. The third-order valence-corrected chi connectivity index (χ3v) is 2.53. The van der Waals surface area contributed by atoms with Crippen LogP contribution in [-0.2, 0) is 23.8 Å². The Labute approximate surface area is 107 Å². The highest BCUT2D eigenvalue weighted by Gasteiger charge is 2.47. The molecule has 0 rings (SSSR count). The molecule has 0 aromatic rings. The molecule has 0 aromatic heterocycles. The maximum atomic E-state index is 11.8. The zero-order valence-electron chi connectivity index (χ0n) is 10.9. The number of hydrogen-bond acceptors (Lipinski definition) is 5. The summed E-state index contributed by atoms with van der Waals surface area (Å²) in [5.74, 6) is 0.958. The Morgan fingerprint density at radius 2 is 1.78 bits per heavy atom. The number of carbonyl (C=O) groups is 2. The fourth-order valence-electron chi connectivity index (χ4n) is 1.58. The number of carbonyl (C=O) groups excluding carboxylic acids is 2. The number of allylic oxidation sites excluding steroid dienone is 1. The molecule has 0 saturated heterocycles. The first-order valence-corrected chi connectivity index (χ1v) is 5.37. The summed E-state index contributed by atoms with van der Waals surface area (Å²) in [5.41, 5.74) is -1.45. The van der Waals surface area contributed by atoms with Crippen molar-refractivity contribution in [1.82, 2.24) is 0 Å². The van der Waals surface area contributed by atoms with Gasteiger partial charge in [-0.25, -0.2) is 0 Å². The summed E-state index contributed by atoms with van der Waals surface area (Å²) in [4.78, 5) is 23.6. The SMILES string of the molecule is C#CCC(CC/C=C/OC)(C(=O)OC)C(=O)OC. The molecule has 0 bridgehead atoms. The Morgan fingerprint density at radius 3 is 2.17 bits per heavy atom. The molecule has 0 aromatic carbocycles. The van der Waals surface area contributed by atoms with Gasteiger partial charge < -0.3 is 14.2 Å². The smallest absolute Gasteiger partial charge is 0.324 e. The molecule has 0 heterocycles. The Kier molecular flexibility index (Phi) is 7.29. The van der Waals surface area contributed by atoms with Gasteiger partial charge in [0.15, 0.2) is 5.41 Å². The Morgan fingerprint density at radius 1 is 1.22 bits per heavy atom. The van der Waals surface area contributed by atoms with E-state index in [1.807, 2.05) is 0 Å². The van der Waals surface area contributed by atoms with Gasteiger partial charge in [0.25, 0.3) is 0 Å². The molecule has 0 aliphatic heterocycles. The highest BCUT2D eigenvalue weighted by molar-refractivity contribution is 6.00. The summed E-state index contributed by atoms with van der Waals surface area (Å²) in [5, 5.41) is 0. The fourth-order valence-corrected chi connectivity index (χ4v) is 1.58. The van der Waals surface area contributed by atoms with Crippen LogP contribution in [0.15, 0.2) is 12.3 Å². The third-order valence-electron chi connectivity index (χ3n) is 2.53. The van der Waals surface area contributed by atoms with E-state index in [-0.39, 0.29) is 12.8 Å². The molecule has 100 valence electrons. The molecule has 0 saturated carbocycles. The minimum Gasteiger partial charge on any atom is -0.505 e. The van der Waals surface area contributed by atoms with Crippen LogP contribution in [0.3, 0.4) is 0 Å². The van der Waals surface area contributed by atoms with Gasteiger partial charge in [-0.05, 0) is 18.9 Å². The minimum atomic E-state index is -1.45. The first-order chi connectivity index (χ1) is 8.58. The van der Waals surface area contributed by atoms with Gasteiger partial charge >= 0.3 is 11.9 Å². The zero-order chi connectivity index (χ0) is 14.0. The number of terminal acetylenes is 1. The molecule has 5 nitrogen and oxygen atoms in total. The maximum absolute atomic E-state index is 11.8. The summed E-state index contributed by atoms with van der Waals surface area (Å²) in [6.07, 6.45) is 8.97. The molecule has 0 atom stereocenters. The highest BCUT2D eigenvalue weighted by Crippen LogP contribution is 2.31. The van der Waals surface area contributed by atoms with Crippen molar-refractivity contribution < 1.29 is 23.8 Å². The average molecular weight is 254 g/mol. The number of rotatable bonds is 7. The predicted molar refractivity (Wildman–Crippen MR) is 65.3 cm³/mol. The molecular formula is C13H18O5. The molecule has 5 heteroatoms. The van der Waals surface area contributed by atoms with Gasteiger partial charge in [0.2, 0.25) is 0 Å². The van der Waals surface area contributed by atoms with Crippen molar-refractivity contribution >= 4 is 11.9 Å². The molecule has 18 heavy (non-hydrogen) atoms. The lowest BCUT2D eigenvalue weighted by molar-refractivity contribution is -0.169. The molecule has 0 fully saturated rings. The second-order valence-corrected chi connectivity index (χ2v) is 3.59. The molecule has 0 spiro atoms. The molecule has 0 amide bonds. The van der Waals surface area contributed by atoms with Gasteiger partial charge in [0.1, 0.15) is 0 Å². The van der Waals surface area contributed by atoms with Gasteiger partial charge in [-0.15, -0.1) is 12.3 Å². The highest BCUT2D eigenvalue weighted by atomic mass is 16.5. The van der Waals surface area contributed by atoms with E-state index in [4.69, 9.17) is 11.2 Å². The van der Waals surface area contributed by atoms with Crippen LogP contribution in [0.25, 0.3) is 0 Å². The van der Waals surface area contributed by atoms with E-state index in [0.717, 1.165) is 0 Å². The van der Waals surface area contributed by atoms with Gasteiger partial charge in [-0.1, -0.05) is 0 Å². The summed E-state index contributed by atoms with van der Waals surface area (Å²) >= 11 is 0. The summed E-state index contributed by atoms with van der Waals surface area (Å²) in [6, 6.07) is 0. The number of methoxy groups -OCH3 is 3. The first-order valence-electron chi connectivity index (χ1n) is 5.37. The van der Waals surface area contributed by atoms with Crippen molar-refractivity contribution in [1.29, 1.82) is 0 Å².